The zero-order valence-corrected chi connectivity index (χ0v) is 17.1. The fourth-order valence-electron chi connectivity index (χ4n) is 4.95. The SMILES string of the molecule is O=c1c2ccccc2nc(C2CCCN2Cc2n[nH]c3c2CCCC3)n1CC(F)(F)F. The van der Waals surface area contributed by atoms with Gasteiger partial charge in [-0.25, -0.2) is 4.98 Å². The minimum atomic E-state index is -4.51. The van der Waals surface area contributed by atoms with Gasteiger partial charge >= 0.3 is 6.18 Å². The first-order chi connectivity index (χ1) is 14.9. The number of benzene rings is 1. The Bertz CT molecular complexity index is 1170. The van der Waals surface area contributed by atoms with Gasteiger partial charge in [-0.2, -0.15) is 18.3 Å². The zero-order valence-electron chi connectivity index (χ0n) is 17.1. The van der Waals surface area contributed by atoms with Gasteiger partial charge in [-0.1, -0.05) is 12.1 Å². The Hall–Kier alpha value is -2.68. The molecule has 0 bridgehead atoms. The van der Waals surface area contributed by atoms with Crippen molar-refractivity contribution in [3.05, 3.63) is 57.4 Å². The molecule has 31 heavy (non-hydrogen) atoms. The number of hydrogen-bond acceptors (Lipinski definition) is 4. The maximum atomic E-state index is 13.4. The second-order valence-corrected chi connectivity index (χ2v) is 8.46. The molecule has 1 saturated heterocycles. The van der Waals surface area contributed by atoms with Crippen LogP contribution in [0, 0.1) is 0 Å². The summed E-state index contributed by atoms with van der Waals surface area (Å²) in [5.41, 5.74) is 3.19. The third kappa shape index (κ3) is 3.86. The van der Waals surface area contributed by atoms with Gasteiger partial charge in [0.05, 0.1) is 22.6 Å². The molecule has 0 saturated carbocycles. The Kier molecular flexibility index (Phi) is 5.08. The number of nitrogens with zero attached hydrogens (tertiary/aromatic N) is 4. The number of para-hydroxylation sites is 1. The van der Waals surface area contributed by atoms with Gasteiger partial charge in [0.15, 0.2) is 0 Å². The van der Waals surface area contributed by atoms with Gasteiger partial charge in [0, 0.05) is 12.2 Å². The number of hydrogen-bond donors (Lipinski definition) is 1. The molecule has 1 atom stereocenters. The van der Waals surface area contributed by atoms with E-state index in [2.05, 4.69) is 20.1 Å². The summed E-state index contributed by atoms with van der Waals surface area (Å²) in [6.45, 7) is -0.0482. The zero-order chi connectivity index (χ0) is 21.6. The van der Waals surface area contributed by atoms with E-state index in [9.17, 15) is 18.0 Å². The molecule has 2 aliphatic rings. The van der Waals surface area contributed by atoms with Crippen LogP contribution in [0.2, 0.25) is 0 Å². The number of halogens is 3. The van der Waals surface area contributed by atoms with E-state index in [1.807, 2.05) is 0 Å². The number of rotatable bonds is 4. The fraction of sp³-hybridized carbons (Fsp3) is 0.500. The molecule has 0 amide bonds. The van der Waals surface area contributed by atoms with E-state index >= 15 is 0 Å². The minimum absolute atomic E-state index is 0.197. The summed E-state index contributed by atoms with van der Waals surface area (Å²) in [7, 11) is 0. The van der Waals surface area contributed by atoms with Crippen molar-refractivity contribution in [2.24, 2.45) is 0 Å². The Labute approximate surface area is 177 Å². The Morgan fingerprint density at radius 1 is 1.13 bits per heavy atom. The predicted molar refractivity (Wildman–Crippen MR) is 110 cm³/mol. The maximum Gasteiger partial charge on any atom is 0.406 e. The van der Waals surface area contributed by atoms with Crippen molar-refractivity contribution in [3.8, 4) is 0 Å². The van der Waals surface area contributed by atoms with Gasteiger partial charge < -0.3 is 0 Å². The summed E-state index contributed by atoms with van der Waals surface area (Å²) in [6, 6.07) is 6.25. The minimum Gasteiger partial charge on any atom is -0.287 e. The lowest BCUT2D eigenvalue weighted by atomic mass is 9.96. The molecule has 3 aromatic rings. The lowest BCUT2D eigenvalue weighted by molar-refractivity contribution is -0.142. The number of H-pyrrole nitrogens is 1. The molecule has 0 radical (unpaired) electrons. The van der Waals surface area contributed by atoms with Crippen molar-refractivity contribution >= 4 is 10.9 Å². The molecule has 0 spiro atoms. The fourth-order valence-corrected chi connectivity index (χ4v) is 4.95. The molecular formula is C22H24F3N5O. The number of likely N-dealkylation sites (tertiary alicyclic amines) is 1. The van der Waals surface area contributed by atoms with Gasteiger partial charge in [-0.15, -0.1) is 0 Å². The molecule has 5 rings (SSSR count). The molecule has 3 heterocycles. The lowest BCUT2D eigenvalue weighted by Gasteiger charge is -2.27. The van der Waals surface area contributed by atoms with Gasteiger partial charge in [-0.05, 0) is 62.8 Å². The summed E-state index contributed by atoms with van der Waals surface area (Å²) < 4.78 is 40.9. The maximum absolute atomic E-state index is 13.4. The van der Waals surface area contributed by atoms with Gasteiger partial charge in [0.1, 0.15) is 12.4 Å². The highest BCUT2D eigenvalue weighted by Gasteiger charge is 2.36. The van der Waals surface area contributed by atoms with E-state index in [-0.39, 0.29) is 17.3 Å². The van der Waals surface area contributed by atoms with E-state index < -0.39 is 18.3 Å². The molecular weight excluding hydrogens is 407 g/mol. The first-order valence-electron chi connectivity index (χ1n) is 10.8. The summed E-state index contributed by atoms with van der Waals surface area (Å²) in [4.78, 5) is 19.7. The molecule has 1 aromatic carbocycles. The summed E-state index contributed by atoms with van der Waals surface area (Å²) in [5.74, 6) is 0.197. The monoisotopic (exact) mass is 431 g/mol. The molecule has 2 aromatic heterocycles. The number of fused-ring (bicyclic) bond motifs is 2. The highest BCUT2D eigenvalue weighted by atomic mass is 19.4. The van der Waals surface area contributed by atoms with E-state index in [4.69, 9.17) is 0 Å². The second kappa shape index (κ2) is 7.78. The normalized spacial score (nSPS) is 19.8. The highest BCUT2D eigenvalue weighted by molar-refractivity contribution is 5.77. The Balaban J connectivity index is 1.55. The largest absolute Gasteiger partial charge is 0.406 e. The van der Waals surface area contributed by atoms with Crippen molar-refractivity contribution in [2.75, 3.05) is 6.54 Å². The molecule has 164 valence electrons. The van der Waals surface area contributed by atoms with Crippen LogP contribution in [-0.4, -0.2) is 37.4 Å². The molecule has 1 aliphatic carbocycles. The summed E-state index contributed by atoms with van der Waals surface area (Å²) in [5, 5.41) is 7.85. The van der Waals surface area contributed by atoms with Crippen LogP contribution in [0.15, 0.2) is 29.1 Å². The molecule has 1 fully saturated rings. The van der Waals surface area contributed by atoms with Gasteiger partial charge in [0.25, 0.3) is 5.56 Å². The van der Waals surface area contributed by atoms with Crippen molar-refractivity contribution in [1.82, 2.24) is 24.6 Å². The molecule has 1 aliphatic heterocycles. The average Bonchev–Trinajstić information content (AvgIpc) is 3.37. The van der Waals surface area contributed by atoms with E-state index in [0.29, 0.717) is 18.5 Å². The third-order valence-corrected chi connectivity index (χ3v) is 6.39. The van der Waals surface area contributed by atoms with Crippen LogP contribution in [0.25, 0.3) is 10.9 Å². The van der Waals surface area contributed by atoms with Crippen LogP contribution in [-0.2, 0) is 25.9 Å². The van der Waals surface area contributed by atoms with E-state index in [1.54, 1.807) is 18.2 Å². The summed E-state index contributed by atoms with van der Waals surface area (Å²) >= 11 is 0. The third-order valence-electron chi connectivity index (χ3n) is 6.39. The van der Waals surface area contributed by atoms with E-state index in [1.165, 1.54) is 17.3 Å². The lowest BCUT2D eigenvalue weighted by Crippen LogP contribution is -2.35. The molecule has 1 unspecified atom stereocenters. The van der Waals surface area contributed by atoms with Crippen LogP contribution in [0.3, 0.4) is 0 Å². The van der Waals surface area contributed by atoms with Crippen LogP contribution in [0.1, 0.15) is 54.5 Å². The molecule has 9 heteroatoms. The predicted octanol–water partition coefficient (Wildman–Crippen LogP) is 3.90. The first-order valence-corrected chi connectivity index (χ1v) is 10.8. The van der Waals surface area contributed by atoms with Crippen molar-refractivity contribution in [3.63, 3.8) is 0 Å². The topological polar surface area (TPSA) is 66.8 Å². The van der Waals surface area contributed by atoms with Crippen molar-refractivity contribution in [2.45, 2.75) is 63.8 Å². The van der Waals surface area contributed by atoms with Crippen molar-refractivity contribution < 1.29 is 13.2 Å². The average molecular weight is 431 g/mol. The smallest absolute Gasteiger partial charge is 0.287 e. The molecule has 1 N–H and O–H groups in total. The standard InChI is InChI=1S/C22H24F3N5O/c23-22(24,25)13-30-20(26-16-8-3-2-7-15(16)21(30)31)19-10-5-11-29(19)12-18-14-6-1-4-9-17(14)27-28-18/h2-3,7-8,19H,1,4-6,9-13H2,(H,27,28). The highest BCUT2D eigenvalue weighted by Crippen LogP contribution is 2.34. The van der Waals surface area contributed by atoms with Gasteiger partial charge in [0.2, 0.25) is 0 Å². The van der Waals surface area contributed by atoms with Gasteiger partial charge in [-0.3, -0.25) is 19.4 Å². The van der Waals surface area contributed by atoms with Crippen molar-refractivity contribution in [1.29, 1.82) is 0 Å². The summed E-state index contributed by atoms with van der Waals surface area (Å²) in [6.07, 6.45) is 1.23. The number of aromatic nitrogens is 4. The van der Waals surface area contributed by atoms with Crippen LogP contribution < -0.4 is 5.56 Å². The van der Waals surface area contributed by atoms with Crippen LogP contribution in [0.4, 0.5) is 13.2 Å². The molecule has 6 nitrogen and oxygen atoms in total. The Morgan fingerprint density at radius 3 is 2.77 bits per heavy atom. The second-order valence-electron chi connectivity index (χ2n) is 8.46. The Morgan fingerprint density at radius 2 is 1.94 bits per heavy atom. The van der Waals surface area contributed by atoms with E-state index in [0.717, 1.165) is 48.9 Å². The number of aromatic amines is 1. The number of alkyl halides is 3. The van der Waals surface area contributed by atoms with Crippen LogP contribution in [0.5, 0.6) is 0 Å². The number of nitrogens with one attached hydrogen (secondary N) is 1. The first kappa shape index (κ1) is 20.2. The number of aryl methyl sites for hydroxylation is 1. The quantitative estimate of drug-likeness (QED) is 0.681. The van der Waals surface area contributed by atoms with Crippen LogP contribution >= 0.6 is 0 Å².